The van der Waals surface area contributed by atoms with Crippen molar-refractivity contribution in [3.63, 3.8) is 0 Å². The van der Waals surface area contributed by atoms with Crippen LogP contribution >= 0.6 is 0 Å². The number of nitrogens with zero attached hydrogens (tertiary/aromatic N) is 3. The first-order valence-corrected chi connectivity index (χ1v) is 5.48. The molecule has 1 unspecified atom stereocenters. The predicted octanol–water partition coefficient (Wildman–Crippen LogP) is 2.65. The number of H-pyrrole nitrogens is 1. The Bertz CT molecular complexity index is 402. The molecule has 80 valence electrons. The smallest absolute Gasteiger partial charge is 0.197 e. The number of aromatic nitrogens is 4. The first-order valence-electron chi connectivity index (χ1n) is 5.48. The standard InChI is InChI=1S/C11H16N4/c1-3-4-5-8(2)9-14-10-11(15-9)13-7-6-12-10/h6-8H,3-5H2,1-2H3,(H,12,13,14,15). The van der Waals surface area contributed by atoms with Crippen molar-refractivity contribution >= 4 is 11.3 Å². The molecule has 0 amide bonds. The molecule has 0 aliphatic heterocycles. The zero-order valence-electron chi connectivity index (χ0n) is 9.20. The Balaban J connectivity index is 2.20. The maximum atomic E-state index is 4.44. The molecule has 4 heteroatoms. The SMILES string of the molecule is CCCCC(C)c1nc2nccnc2[nH]1. The molecule has 1 N–H and O–H groups in total. The van der Waals surface area contributed by atoms with Gasteiger partial charge in [0.05, 0.1) is 0 Å². The number of aromatic amines is 1. The molecule has 1 atom stereocenters. The van der Waals surface area contributed by atoms with Crippen LogP contribution in [0.2, 0.25) is 0 Å². The fraction of sp³-hybridized carbons (Fsp3) is 0.545. The minimum Gasteiger partial charge on any atom is -0.325 e. The van der Waals surface area contributed by atoms with Crippen LogP contribution in [-0.2, 0) is 0 Å². The van der Waals surface area contributed by atoms with Gasteiger partial charge in [-0.15, -0.1) is 0 Å². The molecule has 2 aromatic rings. The lowest BCUT2D eigenvalue weighted by molar-refractivity contribution is 0.602. The summed E-state index contributed by atoms with van der Waals surface area (Å²) in [6, 6.07) is 0. The van der Waals surface area contributed by atoms with Gasteiger partial charge in [-0.05, 0) is 6.42 Å². The van der Waals surface area contributed by atoms with E-state index >= 15 is 0 Å². The normalized spacial score (nSPS) is 13.2. The van der Waals surface area contributed by atoms with E-state index in [2.05, 4.69) is 33.8 Å². The highest BCUT2D eigenvalue weighted by Gasteiger charge is 2.10. The van der Waals surface area contributed by atoms with E-state index in [1.807, 2.05) is 0 Å². The van der Waals surface area contributed by atoms with Crippen molar-refractivity contribution < 1.29 is 0 Å². The van der Waals surface area contributed by atoms with Crippen molar-refractivity contribution in [3.05, 3.63) is 18.2 Å². The summed E-state index contributed by atoms with van der Waals surface area (Å²) in [7, 11) is 0. The third-order valence-corrected chi connectivity index (χ3v) is 2.61. The molecule has 2 heterocycles. The van der Waals surface area contributed by atoms with Gasteiger partial charge < -0.3 is 4.98 Å². The average molecular weight is 204 g/mol. The molecule has 0 spiro atoms. The molecular formula is C11H16N4. The van der Waals surface area contributed by atoms with Crippen molar-refractivity contribution in [2.24, 2.45) is 0 Å². The maximum absolute atomic E-state index is 4.44. The highest BCUT2D eigenvalue weighted by Crippen LogP contribution is 2.19. The van der Waals surface area contributed by atoms with E-state index in [0.29, 0.717) is 5.92 Å². The topological polar surface area (TPSA) is 54.5 Å². The lowest BCUT2D eigenvalue weighted by atomic mass is 10.0. The van der Waals surface area contributed by atoms with Gasteiger partial charge in [-0.25, -0.2) is 15.0 Å². The van der Waals surface area contributed by atoms with Crippen molar-refractivity contribution in [2.45, 2.75) is 39.0 Å². The average Bonchev–Trinajstić information content (AvgIpc) is 2.69. The second-order valence-electron chi connectivity index (χ2n) is 3.89. The molecular weight excluding hydrogens is 188 g/mol. The summed E-state index contributed by atoms with van der Waals surface area (Å²) in [4.78, 5) is 16.0. The second-order valence-corrected chi connectivity index (χ2v) is 3.89. The molecule has 4 nitrogen and oxygen atoms in total. The van der Waals surface area contributed by atoms with E-state index in [0.717, 1.165) is 23.5 Å². The Morgan fingerprint density at radius 2 is 2.13 bits per heavy atom. The fourth-order valence-electron chi connectivity index (χ4n) is 1.64. The largest absolute Gasteiger partial charge is 0.325 e. The quantitative estimate of drug-likeness (QED) is 0.833. The van der Waals surface area contributed by atoms with Crippen molar-refractivity contribution in [2.75, 3.05) is 0 Å². The number of rotatable bonds is 4. The van der Waals surface area contributed by atoms with E-state index in [-0.39, 0.29) is 0 Å². The Morgan fingerprint density at radius 1 is 1.33 bits per heavy atom. The Hall–Kier alpha value is -1.45. The number of unbranched alkanes of at least 4 members (excludes halogenated alkanes) is 1. The minimum absolute atomic E-state index is 0.459. The Morgan fingerprint density at radius 3 is 2.87 bits per heavy atom. The maximum Gasteiger partial charge on any atom is 0.197 e. The van der Waals surface area contributed by atoms with Gasteiger partial charge in [0, 0.05) is 18.3 Å². The number of fused-ring (bicyclic) bond motifs is 1. The summed E-state index contributed by atoms with van der Waals surface area (Å²) in [5.74, 6) is 1.46. The van der Waals surface area contributed by atoms with Crippen LogP contribution < -0.4 is 0 Å². The molecule has 2 rings (SSSR count). The van der Waals surface area contributed by atoms with Crippen molar-refractivity contribution in [3.8, 4) is 0 Å². The molecule has 0 aliphatic rings. The predicted molar refractivity (Wildman–Crippen MR) is 59.6 cm³/mol. The monoisotopic (exact) mass is 204 g/mol. The van der Waals surface area contributed by atoms with E-state index in [9.17, 15) is 0 Å². The van der Waals surface area contributed by atoms with Gasteiger partial charge in [-0.3, -0.25) is 0 Å². The van der Waals surface area contributed by atoms with Crippen LogP contribution in [0, 0.1) is 0 Å². The number of hydrogen-bond donors (Lipinski definition) is 1. The van der Waals surface area contributed by atoms with Crippen LogP contribution in [0.4, 0.5) is 0 Å². The van der Waals surface area contributed by atoms with E-state index in [1.165, 1.54) is 12.8 Å². The van der Waals surface area contributed by atoms with Gasteiger partial charge >= 0.3 is 0 Å². The summed E-state index contributed by atoms with van der Waals surface area (Å²) in [5.41, 5.74) is 1.51. The molecule has 0 bridgehead atoms. The van der Waals surface area contributed by atoms with Gasteiger partial charge in [-0.1, -0.05) is 26.7 Å². The Kier molecular flexibility index (Phi) is 2.94. The van der Waals surface area contributed by atoms with Crippen LogP contribution in [0.15, 0.2) is 12.4 Å². The number of imidazole rings is 1. The first kappa shape index (κ1) is 10.1. The summed E-state index contributed by atoms with van der Waals surface area (Å²) in [6.45, 7) is 4.39. The van der Waals surface area contributed by atoms with Gasteiger partial charge in [0.25, 0.3) is 0 Å². The molecule has 15 heavy (non-hydrogen) atoms. The zero-order valence-corrected chi connectivity index (χ0v) is 9.20. The molecule has 0 radical (unpaired) electrons. The van der Waals surface area contributed by atoms with E-state index in [4.69, 9.17) is 0 Å². The first-order chi connectivity index (χ1) is 7.31. The molecule has 0 saturated carbocycles. The molecule has 0 saturated heterocycles. The second kappa shape index (κ2) is 4.38. The third kappa shape index (κ3) is 2.14. The van der Waals surface area contributed by atoms with Crippen LogP contribution in [0.5, 0.6) is 0 Å². The highest BCUT2D eigenvalue weighted by molar-refractivity contribution is 5.64. The molecule has 0 fully saturated rings. The van der Waals surface area contributed by atoms with Crippen molar-refractivity contribution in [1.82, 2.24) is 19.9 Å². The van der Waals surface area contributed by atoms with Gasteiger partial charge in [0.15, 0.2) is 11.3 Å². The lowest BCUT2D eigenvalue weighted by Crippen LogP contribution is -1.95. The van der Waals surface area contributed by atoms with Gasteiger partial charge in [0.2, 0.25) is 0 Å². The summed E-state index contributed by atoms with van der Waals surface area (Å²) < 4.78 is 0. The number of nitrogens with one attached hydrogen (secondary N) is 1. The van der Waals surface area contributed by atoms with Crippen LogP contribution in [-0.4, -0.2) is 19.9 Å². The molecule has 0 aromatic carbocycles. The van der Waals surface area contributed by atoms with Gasteiger partial charge in [-0.2, -0.15) is 0 Å². The fourth-order valence-corrected chi connectivity index (χ4v) is 1.64. The lowest BCUT2D eigenvalue weighted by Gasteiger charge is -2.05. The van der Waals surface area contributed by atoms with Crippen molar-refractivity contribution in [1.29, 1.82) is 0 Å². The van der Waals surface area contributed by atoms with Gasteiger partial charge in [0.1, 0.15) is 5.82 Å². The summed E-state index contributed by atoms with van der Waals surface area (Å²) in [6.07, 6.45) is 6.97. The molecule has 2 aromatic heterocycles. The third-order valence-electron chi connectivity index (χ3n) is 2.61. The number of hydrogen-bond acceptors (Lipinski definition) is 3. The molecule has 0 aliphatic carbocycles. The zero-order chi connectivity index (χ0) is 10.7. The van der Waals surface area contributed by atoms with Crippen LogP contribution in [0.3, 0.4) is 0 Å². The Labute approximate surface area is 89.2 Å². The summed E-state index contributed by atoms with van der Waals surface area (Å²) in [5, 5.41) is 0. The van der Waals surface area contributed by atoms with Crippen LogP contribution in [0.1, 0.15) is 44.9 Å². The summed E-state index contributed by atoms with van der Waals surface area (Å²) >= 11 is 0. The highest BCUT2D eigenvalue weighted by atomic mass is 15.0. The minimum atomic E-state index is 0.459. The van der Waals surface area contributed by atoms with Crippen LogP contribution in [0.25, 0.3) is 11.3 Å². The van der Waals surface area contributed by atoms with E-state index in [1.54, 1.807) is 12.4 Å². The van der Waals surface area contributed by atoms with E-state index < -0.39 is 0 Å².